The second kappa shape index (κ2) is 7.18. The van der Waals surface area contributed by atoms with Crippen LogP contribution in [0.3, 0.4) is 0 Å². The maximum Gasteiger partial charge on any atom is 0.408 e. The average molecular weight is 349 g/mol. The van der Waals surface area contributed by atoms with Gasteiger partial charge in [-0.15, -0.1) is 0 Å². The summed E-state index contributed by atoms with van der Waals surface area (Å²) in [5, 5.41) is 24.2. The van der Waals surface area contributed by atoms with E-state index in [1.165, 1.54) is 12.4 Å². The van der Waals surface area contributed by atoms with Gasteiger partial charge in [0.2, 0.25) is 0 Å². The van der Waals surface area contributed by atoms with E-state index in [0.717, 1.165) is 0 Å². The summed E-state index contributed by atoms with van der Waals surface area (Å²) >= 11 is 0. The second-order valence-electron chi connectivity index (χ2n) is 7.19. The van der Waals surface area contributed by atoms with Crippen molar-refractivity contribution in [2.24, 2.45) is 5.92 Å². The summed E-state index contributed by atoms with van der Waals surface area (Å²) in [6.07, 6.45) is 3.33. The summed E-state index contributed by atoms with van der Waals surface area (Å²) in [5.74, 6) is -0.187. The standard InChI is InChI=1S/C17H23N3O5/c1-10-7-11(12-5-6-18-9-14(12)20(23)24)8-13(15(10)21)19-16(22)25-17(2,3)4/h5-6,8-10,13,15,21H,7H2,1-4H3,(H,19,22)/t10-,13-,15-/m1/s1. The largest absolute Gasteiger partial charge is 0.444 e. The SMILES string of the molecule is C[C@@H]1CC(c2ccncc2[N+](=O)[O-])=C[C@@H](NC(=O)OC(C)(C)C)[C@@H]1O. The molecule has 1 heterocycles. The van der Waals surface area contributed by atoms with E-state index in [1.54, 1.807) is 32.9 Å². The first-order valence-electron chi connectivity index (χ1n) is 8.05. The van der Waals surface area contributed by atoms with Gasteiger partial charge in [-0.05, 0) is 44.7 Å². The van der Waals surface area contributed by atoms with Crippen LogP contribution >= 0.6 is 0 Å². The van der Waals surface area contributed by atoms with Gasteiger partial charge in [-0.2, -0.15) is 0 Å². The van der Waals surface area contributed by atoms with Crippen LogP contribution in [-0.2, 0) is 4.74 Å². The van der Waals surface area contributed by atoms with E-state index in [1.807, 2.05) is 6.92 Å². The summed E-state index contributed by atoms with van der Waals surface area (Å²) < 4.78 is 5.22. The highest BCUT2D eigenvalue weighted by molar-refractivity contribution is 5.75. The van der Waals surface area contributed by atoms with E-state index in [0.29, 0.717) is 17.6 Å². The van der Waals surface area contributed by atoms with Gasteiger partial charge in [-0.3, -0.25) is 15.1 Å². The monoisotopic (exact) mass is 349 g/mol. The molecule has 1 amide bonds. The molecule has 2 N–H and O–H groups in total. The summed E-state index contributed by atoms with van der Waals surface area (Å²) in [6, 6.07) is 0.875. The Balaban J connectivity index is 2.31. The maximum absolute atomic E-state index is 12.0. The first-order chi connectivity index (χ1) is 11.6. The predicted molar refractivity (Wildman–Crippen MR) is 91.8 cm³/mol. The normalized spacial score (nSPS) is 23.6. The van der Waals surface area contributed by atoms with E-state index in [9.17, 15) is 20.0 Å². The quantitative estimate of drug-likeness (QED) is 0.640. The van der Waals surface area contributed by atoms with Crippen molar-refractivity contribution < 1.29 is 19.6 Å². The molecule has 0 radical (unpaired) electrons. The number of nitrogens with one attached hydrogen (secondary N) is 1. The van der Waals surface area contributed by atoms with Gasteiger partial charge in [0.05, 0.1) is 22.6 Å². The fourth-order valence-corrected chi connectivity index (χ4v) is 2.78. The molecule has 0 unspecified atom stereocenters. The van der Waals surface area contributed by atoms with E-state index in [-0.39, 0.29) is 11.6 Å². The molecule has 1 aromatic heterocycles. The smallest absolute Gasteiger partial charge is 0.408 e. The molecule has 1 aliphatic carbocycles. The minimum Gasteiger partial charge on any atom is -0.444 e. The first-order valence-corrected chi connectivity index (χ1v) is 8.05. The number of carbonyl (C=O) groups excluding carboxylic acids is 1. The molecule has 0 bridgehead atoms. The van der Waals surface area contributed by atoms with Crippen LogP contribution in [0.4, 0.5) is 10.5 Å². The number of allylic oxidation sites excluding steroid dienone is 1. The zero-order valence-corrected chi connectivity index (χ0v) is 14.7. The lowest BCUT2D eigenvalue weighted by molar-refractivity contribution is -0.385. The molecule has 8 nitrogen and oxygen atoms in total. The predicted octanol–water partition coefficient (Wildman–Crippen LogP) is 2.67. The van der Waals surface area contributed by atoms with Crippen LogP contribution in [0.2, 0.25) is 0 Å². The lowest BCUT2D eigenvalue weighted by Crippen LogP contribution is -2.48. The van der Waals surface area contributed by atoms with E-state index in [4.69, 9.17) is 4.74 Å². The van der Waals surface area contributed by atoms with Crippen molar-refractivity contribution in [3.8, 4) is 0 Å². The Morgan fingerprint density at radius 3 is 2.76 bits per heavy atom. The van der Waals surface area contributed by atoms with Gasteiger partial charge < -0.3 is 15.2 Å². The van der Waals surface area contributed by atoms with Crippen LogP contribution in [0.25, 0.3) is 5.57 Å². The minimum absolute atomic E-state index is 0.103. The zero-order valence-electron chi connectivity index (χ0n) is 14.7. The molecule has 25 heavy (non-hydrogen) atoms. The molecular weight excluding hydrogens is 326 g/mol. The van der Waals surface area contributed by atoms with E-state index >= 15 is 0 Å². The lowest BCUT2D eigenvalue weighted by Gasteiger charge is -2.33. The van der Waals surface area contributed by atoms with Crippen molar-refractivity contribution >= 4 is 17.4 Å². The maximum atomic E-state index is 12.0. The molecule has 0 saturated carbocycles. The molecule has 0 saturated heterocycles. The molecule has 0 aromatic carbocycles. The van der Waals surface area contributed by atoms with Crippen LogP contribution in [0.5, 0.6) is 0 Å². The van der Waals surface area contributed by atoms with Crippen LogP contribution in [0.15, 0.2) is 24.5 Å². The summed E-state index contributed by atoms with van der Waals surface area (Å²) in [7, 11) is 0. The van der Waals surface area contributed by atoms with Gasteiger partial charge in [-0.25, -0.2) is 4.79 Å². The zero-order chi connectivity index (χ0) is 18.8. The number of nitrogens with zero attached hydrogens (tertiary/aromatic N) is 2. The highest BCUT2D eigenvalue weighted by atomic mass is 16.6. The molecule has 0 spiro atoms. The molecule has 2 rings (SSSR count). The van der Waals surface area contributed by atoms with Gasteiger partial charge in [-0.1, -0.05) is 13.0 Å². The molecule has 8 heteroatoms. The summed E-state index contributed by atoms with van der Waals surface area (Å²) in [6.45, 7) is 7.06. The minimum atomic E-state index is -0.808. The molecule has 0 aliphatic heterocycles. The van der Waals surface area contributed by atoms with Gasteiger partial charge in [0.15, 0.2) is 0 Å². The number of nitro groups is 1. The molecule has 3 atom stereocenters. The third-order valence-corrected chi connectivity index (χ3v) is 3.90. The Morgan fingerprint density at radius 2 is 2.16 bits per heavy atom. The van der Waals surface area contributed by atoms with Gasteiger partial charge in [0, 0.05) is 6.20 Å². The van der Waals surface area contributed by atoms with Crippen LogP contribution in [0, 0.1) is 16.0 Å². The molecule has 1 aromatic rings. The molecular formula is C17H23N3O5. The Morgan fingerprint density at radius 1 is 1.48 bits per heavy atom. The molecule has 0 fully saturated rings. The highest BCUT2D eigenvalue weighted by Crippen LogP contribution is 2.35. The van der Waals surface area contributed by atoms with Crippen molar-refractivity contribution in [1.82, 2.24) is 10.3 Å². The number of rotatable bonds is 3. The van der Waals surface area contributed by atoms with E-state index < -0.39 is 28.8 Å². The number of aliphatic hydroxyl groups is 1. The van der Waals surface area contributed by atoms with Crippen LogP contribution in [-0.4, -0.2) is 38.9 Å². The van der Waals surface area contributed by atoms with Gasteiger partial charge in [0.1, 0.15) is 11.8 Å². The lowest BCUT2D eigenvalue weighted by atomic mass is 9.82. The van der Waals surface area contributed by atoms with Crippen molar-refractivity contribution in [3.63, 3.8) is 0 Å². The fourth-order valence-electron chi connectivity index (χ4n) is 2.78. The van der Waals surface area contributed by atoms with E-state index in [2.05, 4.69) is 10.3 Å². The van der Waals surface area contributed by atoms with Crippen molar-refractivity contribution in [1.29, 1.82) is 0 Å². The number of carbonyl (C=O) groups is 1. The Bertz CT molecular complexity index is 696. The van der Waals surface area contributed by atoms with Gasteiger partial charge in [0.25, 0.3) is 5.69 Å². The third kappa shape index (κ3) is 4.76. The number of hydrogen-bond donors (Lipinski definition) is 2. The first kappa shape index (κ1) is 18.9. The summed E-state index contributed by atoms with van der Waals surface area (Å²) in [4.78, 5) is 26.5. The van der Waals surface area contributed by atoms with Gasteiger partial charge >= 0.3 is 6.09 Å². The Kier molecular flexibility index (Phi) is 5.42. The fraction of sp³-hybridized carbons (Fsp3) is 0.529. The van der Waals surface area contributed by atoms with Crippen LogP contribution < -0.4 is 5.32 Å². The highest BCUT2D eigenvalue weighted by Gasteiger charge is 2.33. The number of aromatic nitrogens is 1. The van der Waals surface area contributed by atoms with Crippen molar-refractivity contribution in [2.75, 3.05) is 0 Å². The number of hydrogen-bond acceptors (Lipinski definition) is 6. The third-order valence-electron chi connectivity index (χ3n) is 3.90. The van der Waals surface area contributed by atoms with Crippen LogP contribution in [0.1, 0.15) is 39.7 Å². The number of pyridine rings is 1. The average Bonchev–Trinajstić information content (AvgIpc) is 2.49. The number of aliphatic hydroxyl groups excluding tert-OH is 1. The second-order valence-corrected chi connectivity index (χ2v) is 7.19. The number of ether oxygens (including phenoxy) is 1. The topological polar surface area (TPSA) is 115 Å². The van der Waals surface area contributed by atoms with Crippen molar-refractivity contribution in [3.05, 3.63) is 40.2 Å². The number of alkyl carbamates (subject to hydrolysis) is 1. The Hall–Kier alpha value is -2.48. The molecule has 1 aliphatic rings. The number of amides is 1. The van der Waals surface area contributed by atoms with Crippen molar-refractivity contribution in [2.45, 2.75) is 51.9 Å². The molecule has 136 valence electrons. The summed E-state index contributed by atoms with van der Waals surface area (Å²) in [5.41, 5.74) is 0.363. The Labute approximate surface area is 146 Å².